The highest BCUT2D eigenvalue weighted by Gasteiger charge is 2.41. The lowest BCUT2D eigenvalue weighted by Crippen LogP contribution is -2.45. The van der Waals surface area contributed by atoms with Gasteiger partial charge in [0.15, 0.2) is 0 Å². The summed E-state index contributed by atoms with van der Waals surface area (Å²) in [5.74, 6) is -2.25. The van der Waals surface area contributed by atoms with Gasteiger partial charge < -0.3 is 20.1 Å². The predicted molar refractivity (Wildman–Crippen MR) is 110 cm³/mol. The van der Waals surface area contributed by atoms with E-state index in [-0.39, 0.29) is 18.9 Å². The number of benzene rings is 2. The van der Waals surface area contributed by atoms with Gasteiger partial charge in [0.05, 0.1) is 12.6 Å². The van der Waals surface area contributed by atoms with E-state index in [2.05, 4.69) is 23.0 Å². The van der Waals surface area contributed by atoms with Crippen molar-refractivity contribution in [3.8, 4) is 11.1 Å². The maximum absolute atomic E-state index is 12.7. The Hall–Kier alpha value is -3.33. The molecule has 2 aromatic carbocycles. The molecule has 32 heavy (non-hydrogen) atoms. The van der Waals surface area contributed by atoms with Crippen molar-refractivity contribution in [2.24, 2.45) is 0 Å². The van der Waals surface area contributed by atoms with Crippen LogP contribution in [0.4, 0.5) is 8.78 Å². The quantitative estimate of drug-likeness (QED) is 0.715. The summed E-state index contributed by atoms with van der Waals surface area (Å²) in [7, 11) is 0. The molecule has 2 aliphatic rings. The molecule has 0 spiro atoms. The number of nitrogens with zero attached hydrogens (tertiary/aromatic N) is 1. The SMILES string of the molecule is CC1c2ccccc2-c2cc(C(=O)NCC(=O)N3C[C@H](OC(F)F)C[C@H]3C(=O)O)ccc21. The lowest BCUT2D eigenvalue weighted by molar-refractivity contribution is -0.160. The van der Waals surface area contributed by atoms with Crippen molar-refractivity contribution in [2.75, 3.05) is 13.1 Å². The van der Waals surface area contributed by atoms with Gasteiger partial charge in [-0.1, -0.05) is 37.3 Å². The Labute approximate surface area is 183 Å². The summed E-state index contributed by atoms with van der Waals surface area (Å²) in [5.41, 5.74) is 4.70. The van der Waals surface area contributed by atoms with Crippen LogP contribution in [-0.2, 0) is 14.3 Å². The third kappa shape index (κ3) is 4.08. The predicted octanol–water partition coefficient (Wildman–Crippen LogP) is 2.84. The summed E-state index contributed by atoms with van der Waals surface area (Å²) >= 11 is 0. The molecule has 2 N–H and O–H groups in total. The number of ether oxygens (including phenoxy) is 1. The van der Waals surface area contributed by atoms with Gasteiger partial charge in [-0.3, -0.25) is 9.59 Å². The van der Waals surface area contributed by atoms with Crippen LogP contribution >= 0.6 is 0 Å². The van der Waals surface area contributed by atoms with Crippen LogP contribution in [0.1, 0.15) is 40.7 Å². The fourth-order valence-electron chi connectivity index (χ4n) is 4.51. The van der Waals surface area contributed by atoms with Gasteiger partial charge in [-0.25, -0.2) is 4.79 Å². The van der Waals surface area contributed by atoms with Crippen molar-refractivity contribution in [1.29, 1.82) is 0 Å². The molecule has 2 aromatic rings. The summed E-state index contributed by atoms with van der Waals surface area (Å²) in [6, 6.07) is 12.0. The molecule has 1 fully saturated rings. The molecule has 0 bridgehead atoms. The molecule has 3 atom stereocenters. The van der Waals surface area contributed by atoms with Gasteiger partial charge in [-0.05, 0) is 34.4 Å². The van der Waals surface area contributed by atoms with Crippen LogP contribution in [0.2, 0.25) is 0 Å². The molecule has 1 heterocycles. The number of carboxylic acids is 1. The van der Waals surface area contributed by atoms with Crippen LogP contribution in [0.5, 0.6) is 0 Å². The van der Waals surface area contributed by atoms with E-state index in [1.54, 1.807) is 12.1 Å². The minimum absolute atomic E-state index is 0.214. The van der Waals surface area contributed by atoms with E-state index in [0.717, 1.165) is 21.6 Å². The van der Waals surface area contributed by atoms with E-state index >= 15 is 0 Å². The number of fused-ring (bicyclic) bond motifs is 3. The molecule has 1 unspecified atom stereocenters. The number of carbonyl (C=O) groups excluding carboxylic acids is 2. The van der Waals surface area contributed by atoms with E-state index in [1.165, 1.54) is 5.56 Å². The van der Waals surface area contributed by atoms with Gasteiger partial charge in [0.25, 0.3) is 5.91 Å². The molecule has 2 amide bonds. The van der Waals surface area contributed by atoms with E-state index in [9.17, 15) is 28.3 Å². The molecule has 0 radical (unpaired) electrons. The van der Waals surface area contributed by atoms with Crippen LogP contribution < -0.4 is 5.32 Å². The first kappa shape index (κ1) is 21.9. The first-order valence-electron chi connectivity index (χ1n) is 10.2. The summed E-state index contributed by atoms with van der Waals surface area (Å²) < 4.78 is 29.3. The van der Waals surface area contributed by atoms with E-state index in [0.29, 0.717) is 5.56 Å². The third-order valence-corrected chi connectivity index (χ3v) is 6.06. The summed E-state index contributed by atoms with van der Waals surface area (Å²) in [6.07, 6.45) is -1.31. The molecule has 4 rings (SSSR count). The number of aliphatic carboxylic acids is 1. The zero-order valence-corrected chi connectivity index (χ0v) is 17.3. The molecule has 1 saturated heterocycles. The number of nitrogens with one attached hydrogen (secondary N) is 1. The number of carbonyl (C=O) groups is 3. The number of likely N-dealkylation sites (tertiary alicyclic amines) is 1. The number of carboxylic acid groups (broad SMARTS) is 1. The van der Waals surface area contributed by atoms with Crippen molar-refractivity contribution < 1.29 is 33.0 Å². The Morgan fingerprint density at radius 3 is 2.59 bits per heavy atom. The second kappa shape index (κ2) is 8.66. The largest absolute Gasteiger partial charge is 0.480 e. The highest BCUT2D eigenvalue weighted by atomic mass is 19.3. The summed E-state index contributed by atoms with van der Waals surface area (Å²) in [6.45, 7) is -1.68. The zero-order valence-electron chi connectivity index (χ0n) is 17.3. The standard InChI is InChI=1S/C23H22F2N2O5/c1-12-15-4-2-3-5-17(15)18-8-13(6-7-16(12)18)21(29)26-10-20(28)27-11-14(32-23(24)25)9-19(27)22(30)31/h2-8,12,14,19,23H,9-11H2,1H3,(H,26,29)(H,30,31)/t12?,14-,19+/m1/s1. The second-order valence-corrected chi connectivity index (χ2v) is 7.95. The highest BCUT2D eigenvalue weighted by Crippen LogP contribution is 2.44. The van der Waals surface area contributed by atoms with Crippen LogP contribution in [0.25, 0.3) is 11.1 Å². The third-order valence-electron chi connectivity index (χ3n) is 6.06. The average Bonchev–Trinajstić information content (AvgIpc) is 3.31. The minimum Gasteiger partial charge on any atom is -0.480 e. The molecule has 9 heteroatoms. The number of rotatable bonds is 6. The van der Waals surface area contributed by atoms with Crippen molar-refractivity contribution in [3.05, 3.63) is 59.2 Å². The first-order valence-corrected chi connectivity index (χ1v) is 10.2. The molecule has 168 valence electrons. The van der Waals surface area contributed by atoms with Crippen molar-refractivity contribution in [3.63, 3.8) is 0 Å². The Morgan fingerprint density at radius 1 is 1.16 bits per heavy atom. The highest BCUT2D eigenvalue weighted by molar-refractivity contribution is 5.98. The lowest BCUT2D eigenvalue weighted by atomic mass is 9.98. The van der Waals surface area contributed by atoms with Crippen molar-refractivity contribution in [2.45, 2.75) is 38.0 Å². The molecular formula is C23H22F2N2O5. The smallest absolute Gasteiger partial charge is 0.345 e. The molecule has 0 aromatic heterocycles. The van der Waals surface area contributed by atoms with Gasteiger partial charge in [-0.2, -0.15) is 8.78 Å². The Kier molecular flexibility index (Phi) is 5.92. The number of amides is 2. The molecule has 0 saturated carbocycles. The van der Waals surface area contributed by atoms with Gasteiger partial charge in [0.2, 0.25) is 5.91 Å². The number of hydrogen-bond acceptors (Lipinski definition) is 4. The number of hydrogen-bond donors (Lipinski definition) is 2. The molecule has 7 nitrogen and oxygen atoms in total. The lowest BCUT2D eigenvalue weighted by Gasteiger charge is -2.21. The van der Waals surface area contributed by atoms with Crippen molar-refractivity contribution >= 4 is 17.8 Å². The van der Waals surface area contributed by atoms with Crippen LogP contribution in [0.15, 0.2) is 42.5 Å². The fraction of sp³-hybridized carbons (Fsp3) is 0.348. The Bertz CT molecular complexity index is 1070. The van der Waals surface area contributed by atoms with Crippen LogP contribution in [-0.4, -0.2) is 59.6 Å². The Balaban J connectivity index is 1.43. The van der Waals surface area contributed by atoms with E-state index in [4.69, 9.17) is 0 Å². The van der Waals surface area contributed by atoms with Crippen LogP contribution in [0, 0.1) is 0 Å². The summed E-state index contributed by atoms with van der Waals surface area (Å²) in [5, 5.41) is 11.8. The van der Waals surface area contributed by atoms with E-state index < -0.39 is 43.1 Å². The number of halogens is 2. The first-order chi connectivity index (χ1) is 15.3. The maximum Gasteiger partial charge on any atom is 0.345 e. The average molecular weight is 444 g/mol. The minimum atomic E-state index is -3.06. The fourth-order valence-corrected chi connectivity index (χ4v) is 4.51. The maximum atomic E-state index is 12.7. The van der Waals surface area contributed by atoms with Gasteiger partial charge in [0.1, 0.15) is 6.04 Å². The topological polar surface area (TPSA) is 95.9 Å². The summed E-state index contributed by atoms with van der Waals surface area (Å²) in [4.78, 5) is 37.6. The van der Waals surface area contributed by atoms with Gasteiger partial charge in [-0.15, -0.1) is 0 Å². The monoisotopic (exact) mass is 444 g/mol. The van der Waals surface area contributed by atoms with Gasteiger partial charge in [0, 0.05) is 24.4 Å². The van der Waals surface area contributed by atoms with Crippen LogP contribution in [0.3, 0.4) is 0 Å². The zero-order chi connectivity index (χ0) is 23.0. The molecule has 1 aliphatic carbocycles. The van der Waals surface area contributed by atoms with Crippen molar-refractivity contribution in [1.82, 2.24) is 10.2 Å². The normalized spacial score (nSPS) is 21.4. The second-order valence-electron chi connectivity index (χ2n) is 7.95. The molecular weight excluding hydrogens is 422 g/mol. The number of alkyl halides is 2. The Morgan fingerprint density at radius 2 is 1.88 bits per heavy atom. The molecule has 1 aliphatic heterocycles. The van der Waals surface area contributed by atoms with Gasteiger partial charge >= 0.3 is 12.6 Å². The van der Waals surface area contributed by atoms with E-state index in [1.807, 2.05) is 24.3 Å².